The molecule has 134 valence electrons. The molecule has 1 atom stereocenters. The van der Waals surface area contributed by atoms with Gasteiger partial charge in [-0.2, -0.15) is 0 Å². The van der Waals surface area contributed by atoms with Crippen molar-refractivity contribution >= 4 is 11.8 Å². The fourth-order valence-electron chi connectivity index (χ4n) is 2.62. The van der Waals surface area contributed by atoms with Crippen LogP contribution in [-0.4, -0.2) is 31.2 Å². The molecular formula is C20H23N5S. The standard InChI is InChI=1S/C20H23N5S/c1-15(7-9-20-24-12-17(26-2)13-25-20)6-8-16-11-23-19(14-22-16)18-5-3-4-10-21-18/h3-5,10-15H,6-9H2,1-2H3. The molecule has 0 amide bonds. The third-order valence-electron chi connectivity index (χ3n) is 4.30. The molecular weight excluding hydrogens is 342 g/mol. The zero-order valence-electron chi connectivity index (χ0n) is 15.2. The van der Waals surface area contributed by atoms with E-state index in [1.165, 1.54) is 0 Å². The van der Waals surface area contributed by atoms with E-state index in [0.717, 1.165) is 53.5 Å². The molecule has 3 aromatic rings. The van der Waals surface area contributed by atoms with Crippen molar-refractivity contribution < 1.29 is 0 Å². The maximum atomic E-state index is 4.53. The van der Waals surface area contributed by atoms with Gasteiger partial charge in [-0.15, -0.1) is 11.8 Å². The van der Waals surface area contributed by atoms with Crippen molar-refractivity contribution in [1.29, 1.82) is 0 Å². The molecule has 0 spiro atoms. The number of pyridine rings is 1. The van der Waals surface area contributed by atoms with Gasteiger partial charge in [0.2, 0.25) is 0 Å². The first kappa shape index (κ1) is 18.5. The van der Waals surface area contributed by atoms with Gasteiger partial charge in [-0.1, -0.05) is 13.0 Å². The number of hydrogen-bond donors (Lipinski definition) is 0. The molecule has 0 saturated heterocycles. The van der Waals surface area contributed by atoms with Crippen molar-refractivity contribution in [2.24, 2.45) is 5.92 Å². The van der Waals surface area contributed by atoms with Gasteiger partial charge in [0.1, 0.15) is 11.5 Å². The zero-order chi connectivity index (χ0) is 18.2. The predicted molar refractivity (Wildman–Crippen MR) is 105 cm³/mol. The topological polar surface area (TPSA) is 64.5 Å². The number of nitrogens with zero attached hydrogens (tertiary/aromatic N) is 5. The van der Waals surface area contributed by atoms with Gasteiger partial charge >= 0.3 is 0 Å². The molecule has 0 aliphatic rings. The summed E-state index contributed by atoms with van der Waals surface area (Å²) in [6.07, 6.45) is 15.3. The second-order valence-corrected chi connectivity index (χ2v) is 7.21. The molecule has 0 radical (unpaired) electrons. The molecule has 0 aromatic carbocycles. The van der Waals surface area contributed by atoms with Crippen LogP contribution in [0.3, 0.4) is 0 Å². The Morgan fingerprint density at radius 3 is 2.31 bits per heavy atom. The monoisotopic (exact) mass is 365 g/mol. The normalized spacial score (nSPS) is 12.1. The molecule has 1 unspecified atom stereocenters. The first-order valence-electron chi connectivity index (χ1n) is 8.82. The van der Waals surface area contributed by atoms with Gasteiger partial charge in [-0.25, -0.2) is 9.97 Å². The molecule has 0 saturated carbocycles. The molecule has 0 N–H and O–H groups in total. The third-order valence-corrected chi connectivity index (χ3v) is 4.99. The van der Waals surface area contributed by atoms with Gasteiger partial charge in [-0.3, -0.25) is 15.0 Å². The summed E-state index contributed by atoms with van der Waals surface area (Å²) in [5, 5.41) is 0. The number of thioether (sulfide) groups is 1. The minimum Gasteiger partial charge on any atom is -0.257 e. The smallest absolute Gasteiger partial charge is 0.128 e. The van der Waals surface area contributed by atoms with Crippen LogP contribution in [-0.2, 0) is 12.8 Å². The third kappa shape index (κ3) is 5.33. The summed E-state index contributed by atoms with van der Waals surface area (Å²) >= 11 is 1.67. The molecule has 3 heterocycles. The van der Waals surface area contributed by atoms with Crippen molar-refractivity contribution in [3.63, 3.8) is 0 Å². The fourth-order valence-corrected chi connectivity index (χ4v) is 2.94. The van der Waals surface area contributed by atoms with E-state index in [1.54, 1.807) is 18.0 Å². The van der Waals surface area contributed by atoms with Crippen LogP contribution in [0.2, 0.25) is 0 Å². The summed E-state index contributed by atoms with van der Waals surface area (Å²) in [5.41, 5.74) is 2.69. The highest BCUT2D eigenvalue weighted by Gasteiger charge is 2.07. The Bertz CT molecular complexity index is 791. The molecule has 6 heteroatoms. The Labute approximate surface area is 158 Å². The van der Waals surface area contributed by atoms with Crippen molar-refractivity contribution in [3.8, 4) is 11.4 Å². The second-order valence-electron chi connectivity index (χ2n) is 6.33. The van der Waals surface area contributed by atoms with Crippen LogP contribution in [0, 0.1) is 5.92 Å². The van der Waals surface area contributed by atoms with E-state index in [1.807, 2.05) is 49.2 Å². The van der Waals surface area contributed by atoms with Crippen LogP contribution in [0.5, 0.6) is 0 Å². The lowest BCUT2D eigenvalue weighted by molar-refractivity contribution is 0.483. The second kappa shape index (κ2) is 9.38. The summed E-state index contributed by atoms with van der Waals surface area (Å²) in [5.74, 6) is 1.52. The summed E-state index contributed by atoms with van der Waals surface area (Å²) in [6, 6.07) is 5.80. The highest BCUT2D eigenvalue weighted by atomic mass is 32.2. The van der Waals surface area contributed by atoms with Crippen molar-refractivity contribution in [3.05, 3.63) is 60.7 Å². The van der Waals surface area contributed by atoms with Crippen LogP contribution in [0.25, 0.3) is 11.4 Å². The summed E-state index contributed by atoms with van der Waals surface area (Å²) in [4.78, 5) is 23.3. The van der Waals surface area contributed by atoms with Gasteiger partial charge in [0.05, 0.1) is 17.6 Å². The largest absolute Gasteiger partial charge is 0.257 e. The highest BCUT2D eigenvalue weighted by Crippen LogP contribution is 2.16. The van der Waals surface area contributed by atoms with Crippen LogP contribution in [0.1, 0.15) is 31.3 Å². The Balaban J connectivity index is 1.45. The van der Waals surface area contributed by atoms with E-state index in [-0.39, 0.29) is 0 Å². The average molecular weight is 366 g/mol. The Morgan fingerprint density at radius 2 is 1.65 bits per heavy atom. The summed E-state index contributed by atoms with van der Waals surface area (Å²) in [6.45, 7) is 2.27. The molecule has 3 aromatic heterocycles. The minimum absolute atomic E-state index is 0.594. The molecule has 3 rings (SSSR count). The van der Waals surface area contributed by atoms with Gasteiger partial charge < -0.3 is 0 Å². The van der Waals surface area contributed by atoms with Crippen LogP contribution >= 0.6 is 11.8 Å². The van der Waals surface area contributed by atoms with E-state index in [9.17, 15) is 0 Å². The first-order chi connectivity index (χ1) is 12.7. The summed E-state index contributed by atoms with van der Waals surface area (Å²) in [7, 11) is 0. The molecule has 0 fully saturated rings. The Morgan fingerprint density at radius 1 is 0.846 bits per heavy atom. The van der Waals surface area contributed by atoms with Gasteiger partial charge in [-0.05, 0) is 43.6 Å². The maximum absolute atomic E-state index is 4.53. The summed E-state index contributed by atoms with van der Waals surface area (Å²) < 4.78 is 0. The lowest BCUT2D eigenvalue weighted by atomic mass is 9.98. The molecule has 0 aliphatic heterocycles. The SMILES string of the molecule is CSc1cnc(CCC(C)CCc2cnc(-c3ccccn3)cn2)nc1. The Kier molecular flexibility index (Phi) is 6.66. The van der Waals surface area contributed by atoms with E-state index >= 15 is 0 Å². The molecule has 26 heavy (non-hydrogen) atoms. The van der Waals surface area contributed by atoms with Gasteiger partial charge in [0.25, 0.3) is 0 Å². The lowest BCUT2D eigenvalue weighted by Crippen LogP contribution is -2.03. The van der Waals surface area contributed by atoms with Crippen LogP contribution in [0.15, 0.2) is 54.1 Å². The fraction of sp³-hybridized carbons (Fsp3) is 0.350. The quantitative estimate of drug-likeness (QED) is 0.556. The number of aromatic nitrogens is 5. The number of hydrogen-bond acceptors (Lipinski definition) is 6. The van der Waals surface area contributed by atoms with Gasteiger partial charge in [0.15, 0.2) is 0 Å². The Hall–Kier alpha value is -2.34. The highest BCUT2D eigenvalue weighted by molar-refractivity contribution is 7.98. The lowest BCUT2D eigenvalue weighted by Gasteiger charge is -2.10. The maximum Gasteiger partial charge on any atom is 0.128 e. The van der Waals surface area contributed by atoms with E-state index in [4.69, 9.17) is 0 Å². The number of rotatable bonds is 8. The van der Waals surface area contributed by atoms with E-state index in [2.05, 4.69) is 31.8 Å². The van der Waals surface area contributed by atoms with E-state index < -0.39 is 0 Å². The first-order valence-corrected chi connectivity index (χ1v) is 10.0. The van der Waals surface area contributed by atoms with Crippen molar-refractivity contribution in [1.82, 2.24) is 24.9 Å². The average Bonchev–Trinajstić information content (AvgIpc) is 2.72. The van der Waals surface area contributed by atoms with Crippen molar-refractivity contribution in [2.45, 2.75) is 37.5 Å². The van der Waals surface area contributed by atoms with Gasteiger partial charge in [0, 0.05) is 36.1 Å². The van der Waals surface area contributed by atoms with Crippen molar-refractivity contribution in [2.75, 3.05) is 6.26 Å². The van der Waals surface area contributed by atoms with Crippen LogP contribution < -0.4 is 0 Å². The van der Waals surface area contributed by atoms with Crippen LogP contribution in [0.4, 0.5) is 0 Å². The molecule has 0 bridgehead atoms. The number of aryl methyl sites for hydroxylation is 2. The van der Waals surface area contributed by atoms with E-state index in [0.29, 0.717) is 5.92 Å². The molecule has 5 nitrogen and oxygen atoms in total. The predicted octanol–water partition coefficient (Wildman–Crippen LogP) is 4.25. The zero-order valence-corrected chi connectivity index (χ0v) is 16.0. The molecule has 0 aliphatic carbocycles. The minimum atomic E-state index is 0.594.